The Balaban J connectivity index is 0.00000338. The fourth-order valence-corrected chi connectivity index (χ4v) is 3.57. The van der Waals surface area contributed by atoms with Crippen molar-refractivity contribution >= 4 is 55.7 Å². The normalized spacial score (nSPS) is 16.6. The fourth-order valence-electron chi connectivity index (χ4n) is 2.56. The Morgan fingerprint density at radius 3 is 2.38 bits per heavy atom. The molecule has 0 spiro atoms. The third kappa shape index (κ3) is 5.82. The molecule has 0 aromatic heterocycles. The van der Waals surface area contributed by atoms with Crippen molar-refractivity contribution < 1.29 is 8.42 Å². The lowest BCUT2D eigenvalue weighted by Gasteiger charge is -2.23. The van der Waals surface area contributed by atoms with Crippen LogP contribution >= 0.6 is 39.9 Å². The maximum absolute atomic E-state index is 11.9. The van der Waals surface area contributed by atoms with Gasteiger partial charge in [0.15, 0.2) is 15.8 Å². The first-order valence-corrected chi connectivity index (χ1v) is 11.3. The number of hydrogen-bond acceptors (Lipinski definition) is 3. The zero-order valence-electron chi connectivity index (χ0n) is 15.8. The Morgan fingerprint density at radius 1 is 1.27 bits per heavy atom. The molecule has 0 atom stereocenters. The smallest absolute Gasteiger partial charge is 0.191 e. The minimum atomic E-state index is -3.16. The molecule has 0 amide bonds. The standard InChI is InChI=1S/C18H28BrN3O2S.HI/c1-5-20-16(21-12-17(2,3)25(4,23)24)22-13-18(10-11-18)14-8-6-7-9-15(14)19;/h6-9H,5,10-13H2,1-4H3,(H2,20,21,22);1H. The van der Waals surface area contributed by atoms with E-state index in [1.54, 1.807) is 13.8 Å². The zero-order chi connectivity index (χ0) is 18.7. The van der Waals surface area contributed by atoms with Gasteiger partial charge in [0.1, 0.15) is 0 Å². The molecule has 0 saturated heterocycles. The van der Waals surface area contributed by atoms with Crippen LogP contribution in [0.25, 0.3) is 0 Å². The highest BCUT2D eigenvalue weighted by Crippen LogP contribution is 2.49. The molecule has 1 aromatic carbocycles. The molecule has 1 aromatic rings. The minimum absolute atomic E-state index is 0. The van der Waals surface area contributed by atoms with Gasteiger partial charge in [-0.15, -0.1) is 24.0 Å². The number of nitrogens with one attached hydrogen (secondary N) is 2. The van der Waals surface area contributed by atoms with Gasteiger partial charge in [-0.1, -0.05) is 34.1 Å². The molecule has 0 radical (unpaired) electrons. The van der Waals surface area contributed by atoms with E-state index in [0.717, 1.165) is 30.4 Å². The third-order valence-corrected chi connectivity index (χ3v) is 7.69. The Morgan fingerprint density at radius 2 is 1.88 bits per heavy atom. The largest absolute Gasteiger partial charge is 0.357 e. The number of rotatable bonds is 7. The molecule has 0 unspecified atom stereocenters. The van der Waals surface area contributed by atoms with E-state index in [2.05, 4.69) is 49.8 Å². The second-order valence-electron chi connectivity index (χ2n) is 7.34. The third-order valence-electron chi connectivity index (χ3n) is 4.86. The highest BCUT2D eigenvalue weighted by molar-refractivity contribution is 14.0. The van der Waals surface area contributed by atoms with Crippen molar-refractivity contribution in [3.8, 4) is 0 Å². The van der Waals surface area contributed by atoms with E-state index >= 15 is 0 Å². The van der Waals surface area contributed by atoms with Gasteiger partial charge in [0.2, 0.25) is 0 Å². The SMILES string of the molecule is CCNC(=NCC(C)(C)S(C)(=O)=O)NCC1(c2ccccc2Br)CC1.I. The quantitative estimate of drug-likeness (QED) is 0.306. The maximum atomic E-state index is 11.9. The van der Waals surface area contributed by atoms with Crippen molar-refractivity contribution in [1.82, 2.24) is 10.6 Å². The van der Waals surface area contributed by atoms with Crippen molar-refractivity contribution in [2.45, 2.75) is 43.8 Å². The van der Waals surface area contributed by atoms with E-state index < -0.39 is 14.6 Å². The number of guanidine groups is 1. The molecule has 1 aliphatic rings. The van der Waals surface area contributed by atoms with Gasteiger partial charge in [-0.3, -0.25) is 4.99 Å². The Labute approximate surface area is 182 Å². The predicted molar refractivity (Wildman–Crippen MR) is 123 cm³/mol. The van der Waals surface area contributed by atoms with E-state index in [0.29, 0.717) is 5.96 Å². The highest BCUT2D eigenvalue weighted by atomic mass is 127. The molecule has 2 N–H and O–H groups in total. The van der Waals surface area contributed by atoms with Gasteiger partial charge < -0.3 is 10.6 Å². The molecule has 1 aliphatic carbocycles. The summed E-state index contributed by atoms with van der Waals surface area (Å²) < 4.78 is 24.0. The molecule has 5 nitrogen and oxygen atoms in total. The molecule has 1 saturated carbocycles. The van der Waals surface area contributed by atoms with E-state index in [9.17, 15) is 8.42 Å². The van der Waals surface area contributed by atoms with Crippen molar-refractivity contribution in [1.29, 1.82) is 0 Å². The van der Waals surface area contributed by atoms with Crippen LogP contribution in [-0.2, 0) is 15.3 Å². The first-order valence-electron chi connectivity index (χ1n) is 8.58. The first-order chi connectivity index (χ1) is 11.6. The zero-order valence-corrected chi connectivity index (χ0v) is 20.5. The lowest BCUT2D eigenvalue weighted by molar-refractivity contribution is 0.554. The van der Waals surface area contributed by atoms with Crippen LogP contribution in [0.2, 0.25) is 0 Å². The second kappa shape index (κ2) is 9.23. The maximum Gasteiger partial charge on any atom is 0.191 e. The molecule has 8 heteroatoms. The van der Waals surface area contributed by atoms with Gasteiger partial charge in [-0.2, -0.15) is 0 Å². The highest BCUT2D eigenvalue weighted by Gasteiger charge is 2.45. The van der Waals surface area contributed by atoms with Crippen LogP contribution < -0.4 is 10.6 Å². The van der Waals surface area contributed by atoms with E-state index in [4.69, 9.17) is 0 Å². The van der Waals surface area contributed by atoms with Crippen LogP contribution in [0.15, 0.2) is 33.7 Å². The molecule has 1 fully saturated rings. The molecule has 0 heterocycles. The number of nitrogens with zero attached hydrogens (tertiary/aromatic N) is 1. The number of sulfone groups is 1. The summed E-state index contributed by atoms with van der Waals surface area (Å²) in [6.07, 6.45) is 3.53. The molecule has 2 rings (SSSR count). The topological polar surface area (TPSA) is 70.6 Å². The minimum Gasteiger partial charge on any atom is -0.357 e. The van der Waals surface area contributed by atoms with E-state index in [1.807, 2.05) is 13.0 Å². The van der Waals surface area contributed by atoms with Gasteiger partial charge in [0.25, 0.3) is 0 Å². The Kier molecular flexibility index (Phi) is 8.41. The van der Waals surface area contributed by atoms with Gasteiger partial charge in [-0.25, -0.2) is 8.42 Å². The van der Waals surface area contributed by atoms with Crippen LogP contribution in [0.4, 0.5) is 0 Å². The Bertz CT molecular complexity index is 747. The van der Waals surface area contributed by atoms with Gasteiger partial charge in [-0.05, 0) is 45.2 Å². The first kappa shape index (κ1) is 23.7. The van der Waals surface area contributed by atoms with E-state index in [1.165, 1.54) is 11.8 Å². The average Bonchev–Trinajstić information content (AvgIpc) is 3.30. The molecular weight excluding hydrogens is 529 g/mol. The number of halogens is 2. The van der Waals surface area contributed by atoms with Crippen molar-refractivity contribution in [3.05, 3.63) is 34.3 Å². The van der Waals surface area contributed by atoms with Crippen LogP contribution in [0.3, 0.4) is 0 Å². The summed E-state index contributed by atoms with van der Waals surface area (Å²) in [5, 5.41) is 6.60. The van der Waals surface area contributed by atoms with Gasteiger partial charge in [0, 0.05) is 29.2 Å². The van der Waals surface area contributed by atoms with Crippen molar-refractivity contribution in [3.63, 3.8) is 0 Å². The lowest BCUT2D eigenvalue weighted by Crippen LogP contribution is -2.43. The second-order valence-corrected chi connectivity index (χ2v) is 10.8. The summed E-state index contributed by atoms with van der Waals surface area (Å²) in [4.78, 5) is 4.50. The van der Waals surface area contributed by atoms with Crippen molar-refractivity contribution in [2.75, 3.05) is 25.9 Å². The number of aliphatic imine (C=N–C) groups is 1. The summed E-state index contributed by atoms with van der Waals surface area (Å²) in [5.74, 6) is 0.664. The molecular formula is C18H29BrIN3O2S. The van der Waals surface area contributed by atoms with E-state index in [-0.39, 0.29) is 35.9 Å². The predicted octanol–water partition coefficient (Wildman–Crippen LogP) is 3.48. The molecule has 0 aliphatic heterocycles. The lowest BCUT2D eigenvalue weighted by atomic mass is 9.96. The molecule has 148 valence electrons. The van der Waals surface area contributed by atoms with Crippen LogP contribution in [0, 0.1) is 0 Å². The summed E-state index contributed by atoms with van der Waals surface area (Å²) in [6.45, 7) is 7.15. The van der Waals surface area contributed by atoms with Crippen molar-refractivity contribution in [2.24, 2.45) is 4.99 Å². The Hall–Kier alpha value is -0.350. The summed E-state index contributed by atoms with van der Waals surface area (Å²) in [6, 6.07) is 8.32. The van der Waals surface area contributed by atoms with Crippen LogP contribution in [0.1, 0.15) is 39.2 Å². The average molecular weight is 558 g/mol. The van der Waals surface area contributed by atoms with Crippen LogP contribution in [0.5, 0.6) is 0 Å². The number of benzene rings is 1. The summed E-state index contributed by atoms with van der Waals surface area (Å²) >= 11 is 3.65. The summed E-state index contributed by atoms with van der Waals surface area (Å²) in [5.41, 5.74) is 1.44. The van der Waals surface area contributed by atoms with Crippen LogP contribution in [-0.4, -0.2) is 45.0 Å². The monoisotopic (exact) mass is 557 g/mol. The summed E-state index contributed by atoms with van der Waals surface area (Å²) in [7, 11) is -3.16. The van der Waals surface area contributed by atoms with Gasteiger partial charge in [0.05, 0.1) is 11.3 Å². The molecule has 26 heavy (non-hydrogen) atoms. The number of hydrogen-bond donors (Lipinski definition) is 2. The molecule has 0 bridgehead atoms. The fraction of sp³-hybridized carbons (Fsp3) is 0.611. The van der Waals surface area contributed by atoms with Gasteiger partial charge >= 0.3 is 0 Å².